The number of hydrogen-bond acceptors (Lipinski definition) is 3. The van der Waals surface area contributed by atoms with Gasteiger partial charge in [0.15, 0.2) is 0 Å². The van der Waals surface area contributed by atoms with E-state index in [-0.39, 0.29) is 49.3 Å². The smallest absolute Gasteiger partial charge is 0.377 e. The number of amides is 1. The van der Waals surface area contributed by atoms with Crippen molar-refractivity contribution in [2.24, 2.45) is 5.73 Å². The minimum absolute atomic E-state index is 0.00876. The Morgan fingerprint density at radius 3 is 2.12 bits per heavy atom. The Balaban J connectivity index is 1.73. The van der Waals surface area contributed by atoms with E-state index in [1.165, 1.54) is 0 Å². The second-order valence-electron chi connectivity index (χ2n) is 8.04. The molecule has 3 rings (SSSR count). The van der Waals surface area contributed by atoms with Crippen LogP contribution in [0.4, 0.5) is 26.3 Å². The van der Waals surface area contributed by atoms with Crippen LogP contribution in [0.2, 0.25) is 0 Å². The Kier molecular flexibility index (Phi) is 7.69. The fourth-order valence-electron chi connectivity index (χ4n) is 4.22. The van der Waals surface area contributed by atoms with Crippen molar-refractivity contribution in [2.75, 3.05) is 13.2 Å². The minimum Gasteiger partial charge on any atom is -0.377 e. The summed E-state index contributed by atoms with van der Waals surface area (Å²) in [5.74, 6) is -0.644. The molecule has 0 aliphatic heterocycles. The summed E-state index contributed by atoms with van der Waals surface area (Å²) in [4.78, 5) is 11.2. The van der Waals surface area contributed by atoms with Crippen LogP contribution in [0.1, 0.15) is 41.0 Å². The number of hydrogen-bond donors (Lipinski definition) is 2. The summed E-state index contributed by atoms with van der Waals surface area (Å²) in [6.07, 6.45) is -8.90. The third-order valence-corrected chi connectivity index (χ3v) is 5.69. The zero-order chi connectivity index (χ0) is 24.2. The summed E-state index contributed by atoms with van der Waals surface area (Å²) in [5.41, 5.74) is 3.40. The van der Waals surface area contributed by atoms with Crippen LogP contribution in [0, 0.1) is 0 Å². The van der Waals surface area contributed by atoms with Crippen molar-refractivity contribution in [1.82, 2.24) is 5.32 Å². The summed E-state index contributed by atoms with van der Waals surface area (Å²) in [7, 11) is 0. The minimum atomic E-state index is -4.89. The van der Waals surface area contributed by atoms with Gasteiger partial charge in [-0.1, -0.05) is 30.3 Å². The lowest BCUT2D eigenvalue weighted by Crippen LogP contribution is -2.39. The molecule has 1 saturated carbocycles. The molecule has 1 fully saturated rings. The lowest BCUT2D eigenvalue weighted by atomic mass is 9.92. The summed E-state index contributed by atoms with van der Waals surface area (Å²) in [6, 6.07) is 10.8. The molecule has 3 atom stereocenters. The van der Waals surface area contributed by atoms with Crippen molar-refractivity contribution in [3.8, 4) is 0 Å². The molecule has 1 amide bonds. The zero-order valence-corrected chi connectivity index (χ0v) is 17.5. The molecule has 180 valence electrons. The molecule has 0 saturated heterocycles. The molecule has 3 N–H and O–H groups in total. The van der Waals surface area contributed by atoms with Crippen LogP contribution >= 0.6 is 0 Å². The maximum absolute atomic E-state index is 13.1. The summed E-state index contributed by atoms with van der Waals surface area (Å²) in [6.45, 7) is -0.0552. The van der Waals surface area contributed by atoms with Gasteiger partial charge in [0.2, 0.25) is 5.91 Å². The van der Waals surface area contributed by atoms with Crippen molar-refractivity contribution in [1.29, 1.82) is 0 Å². The van der Waals surface area contributed by atoms with Gasteiger partial charge in [0.1, 0.15) is 0 Å². The fourth-order valence-corrected chi connectivity index (χ4v) is 4.22. The topological polar surface area (TPSA) is 64.4 Å². The van der Waals surface area contributed by atoms with Crippen LogP contribution in [-0.2, 0) is 28.3 Å². The molecule has 2 aromatic carbocycles. The van der Waals surface area contributed by atoms with E-state index in [0.717, 1.165) is 17.7 Å². The standard InChI is InChI=1S/C23H24F6N2O2/c24-22(25,26)16-10-14(11-17(12-16)23(27,28)29)8-9-33-19-7-6-18(31-13-20(30)32)21(19)15-4-2-1-3-5-15/h1-5,10-12,18-19,21,31H,6-9,13H2,(H2,30,32). The third-order valence-electron chi connectivity index (χ3n) is 5.69. The Bertz CT molecular complexity index is 914. The van der Waals surface area contributed by atoms with Crippen LogP contribution in [-0.4, -0.2) is 31.2 Å². The second kappa shape index (κ2) is 10.1. The SMILES string of the molecule is NC(=O)CNC1CCC(OCCc2cc(C(F)(F)F)cc(C(F)(F)F)c2)C1c1ccccc1. The molecule has 10 heteroatoms. The molecule has 0 aromatic heterocycles. The first-order chi connectivity index (χ1) is 15.4. The molecule has 3 unspecified atom stereocenters. The molecule has 1 aliphatic rings. The third kappa shape index (κ3) is 6.70. The molecule has 0 heterocycles. The fraction of sp³-hybridized carbons (Fsp3) is 0.435. The molecule has 4 nitrogen and oxygen atoms in total. The van der Waals surface area contributed by atoms with Gasteiger partial charge in [0, 0.05) is 12.0 Å². The van der Waals surface area contributed by atoms with E-state index in [1.807, 2.05) is 30.3 Å². The monoisotopic (exact) mass is 474 g/mol. The Morgan fingerprint density at radius 2 is 1.58 bits per heavy atom. The number of halogens is 6. The van der Waals surface area contributed by atoms with Crippen molar-refractivity contribution < 1.29 is 35.9 Å². The van der Waals surface area contributed by atoms with E-state index in [4.69, 9.17) is 10.5 Å². The number of rotatable bonds is 8. The van der Waals surface area contributed by atoms with Gasteiger partial charge in [-0.15, -0.1) is 0 Å². The lowest BCUT2D eigenvalue weighted by Gasteiger charge is -2.26. The van der Waals surface area contributed by atoms with Crippen molar-refractivity contribution in [3.05, 3.63) is 70.8 Å². The van der Waals surface area contributed by atoms with Gasteiger partial charge in [0.25, 0.3) is 0 Å². The maximum Gasteiger partial charge on any atom is 0.416 e. The van der Waals surface area contributed by atoms with Crippen LogP contribution < -0.4 is 11.1 Å². The quantitative estimate of drug-likeness (QED) is 0.547. The van der Waals surface area contributed by atoms with Crippen molar-refractivity contribution >= 4 is 5.91 Å². The highest BCUT2D eigenvalue weighted by Gasteiger charge is 2.39. The van der Waals surface area contributed by atoms with Gasteiger partial charge in [0.05, 0.1) is 30.4 Å². The van der Waals surface area contributed by atoms with E-state index in [1.54, 1.807) is 0 Å². The van der Waals surface area contributed by atoms with Gasteiger partial charge >= 0.3 is 12.4 Å². The number of ether oxygens (including phenoxy) is 1. The number of carbonyl (C=O) groups is 1. The highest BCUT2D eigenvalue weighted by molar-refractivity contribution is 5.75. The number of benzene rings is 2. The lowest BCUT2D eigenvalue weighted by molar-refractivity contribution is -0.143. The van der Waals surface area contributed by atoms with Gasteiger partial charge in [-0.3, -0.25) is 4.79 Å². The molecular formula is C23H24F6N2O2. The van der Waals surface area contributed by atoms with Crippen molar-refractivity contribution in [2.45, 2.75) is 49.7 Å². The highest BCUT2D eigenvalue weighted by atomic mass is 19.4. The summed E-state index contributed by atoms with van der Waals surface area (Å²) >= 11 is 0. The Morgan fingerprint density at radius 1 is 0.970 bits per heavy atom. The van der Waals surface area contributed by atoms with Gasteiger partial charge in [-0.2, -0.15) is 26.3 Å². The predicted octanol–water partition coefficient (Wildman–Crippen LogP) is 4.67. The maximum atomic E-state index is 13.1. The second-order valence-corrected chi connectivity index (χ2v) is 8.04. The number of primary amides is 1. The van der Waals surface area contributed by atoms with E-state index in [2.05, 4.69) is 5.32 Å². The van der Waals surface area contributed by atoms with Crippen LogP contribution in [0.3, 0.4) is 0 Å². The Hall–Kier alpha value is -2.59. The first kappa shape index (κ1) is 25.0. The molecule has 1 aliphatic carbocycles. The summed E-state index contributed by atoms with van der Waals surface area (Å²) < 4.78 is 84.4. The number of nitrogens with one attached hydrogen (secondary N) is 1. The van der Waals surface area contributed by atoms with Crippen LogP contribution in [0.25, 0.3) is 0 Å². The van der Waals surface area contributed by atoms with Crippen LogP contribution in [0.5, 0.6) is 0 Å². The van der Waals surface area contributed by atoms with Gasteiger partial charge in [-0.05, 0) is 48.6 Å². The molecule has 0 spiro atoms. The molecule has 0 radical (unpaired) electrons. The van der Waals surface area contributed by atoms with E-state index in [9.17, 15) is 31.1 Å². The first-order valence-electron chi connectivity index (χ1n) is 10.4. The van der Waals surface area contributed by atoms with E-state index in [0.29, 0.717) is 12.8 Å². The zero-order valence-electron chi connectivity index (χ0n) is 17.5. The van der Waals surface area contributed by atoms with Crippen LogP contribution in [0.15, 0.2) is 48.5 Å². The molecule has 33 heavy (non-hydrogen) atoms. The van der Waals surface area contributed by atoms with Gasteiger partial charge in [-0.25, -0.2) is 0 Å². The normalized spacial score (nSPS) is 21.3. The molecule has 2 aromatic rings. The van der Waals surface area contributed by atoms with Crippen molar-refractivity contribution in [3.63, 3.8) is 0 Å². The number of carbonyl (C=O) groups excluding carboxylic acids is 1. The van der Waals surface area contributed by atoms with Gasteiger partial charge < -0.3 is 15.8 Å². The average Bonchev–Trinajstić information content (AvgIpc) is 3.14. The average molecular weight is 474 g/mol. The highest BCUT2D eigenvalue weighted by Crippen LogP contribution is 2.38. The molecular weight excluding hydrogens is 450 g/mol. The number of nitrogens with two attached hydrogens (primary N) is 1. The first-order valence-corrected chi connectivity index (χ1v) is 10.4. The molecule has 0 bridgehead atoms. The predicted molar refractivity (Wildman–Crippen MR) is 109 cm³/mol. The van der Waals surface area contributed by atoms with E-state index >= 15 is 0 Å². The van der Waals surface area contributed by atoms with E-state index < -0.39 is 29.4 Å². The summed E-state index contributed by atoms with van der Waals surface area (Å²) in [5, 5.41) is 3.11. The largest absolute Gasteiger partial charge is 0.416 e. The Labute approximate surface area is 187 Å². The number of alkyl halides is 6.